The van der Waals surface area contributed by atoms with Gasteiger partial charge in [0.1, 0.15) is 0 Å². The van der Waals surface area contributed by atoms with Gasteiger partial charge in [0.2, 0.25) is 0 Å². The third-order valence-electron chi connectivity index (χ3n) is 2.67. The summed E-state index contributed by atoms with van der Waals surface area (Å²) in [6.07, 6.45) is 3.70. The quantitative estimate of drug-likeness (QED) is 0.277. The highest BCUT2D eigenvalue weighted by Crippen LogP contribution is 2.27. The molecule has 6 heteroatoms. The molecule has 0 bridgehead atoms. The van der Waals surface area contributed by atoms with E-state index < -0.39 is 0 Å². The molecule has 18 heavy (non-hydrogen) atoms. The molecule has 0 aromatic heterocycles. The summed E-state index contributed by atoms with van der Waals surface area (Å²) in [5, 5.41) is 6.59. The number of hydrogen-bond donors (Lipinski definition) is 2. The van der Waals surface area contributed by atoms with Crippen LogP contribution in [0, 0.1) is 5.92 Å². The van der Waals surface area contributed by atoms with Gasteiger partial charge in [-0.15, -0.1) is 24.0 Å². The first-order valence-electron chi connectivity index (χ1n) is 6.38. The van der Waals surface area contributed by atoms with Gasteiger partial charge in [-0.3, -0.25) is 4.99 Å². The molecule has 0 saturated heterocycles. The Hall–Kier alpha value is -0.0800. The van der Waals surface area contributed by atoms with Crippen molar-refractivity contribution < 1.29 is 9.47 Å². The minimum atomic E-state index is 0. The van der Waals surface area contributed by atoms with Crippen molar-refractivity contribution in [1.82, 2.24) is 10.6 Å². The highest BCUT2D eigenvalue weighted by Gasteiger charge is 2.20. The molecular formula is C12H26IN3O2. The number of aliphatic imine (C=N–C) groups is 1. The van der Waals surface area contributed by atoms with Crippen molar-refractivity contribution in [1.29, 1.82) is 0 Å². The smallest absolute Gasteiger partial charge is 0.190 e. The van der Waals surface area contributed by atoms with Gasteiger partial charge in [0, 0.05) is 33.9 Å². The number of ether oxygens (including phenoxy) is 2. The van der Waals surface area contributed by atoms with Gasteiger partial charge in [0.15, 0.2) is 5.96 Å². The van der Waals surface area contributed by atoms with Crippen LogP contribution in [0.15, 0.2) is 4.99 Å². The summed E-state index contributed by atoms with van der Waals surface area (Å²) in [5.74, 6) is 1.76. The molecule has 1 aliphatic rings. The summed E-state index contributed by atoms with van der Waals surface area (Å²) in [5.41, 5.74) is 0. The van der Waals surface area contributed by atoms with Crippen molar-refractivity contribution in [3.8, 4) is 0 Å². The molecule has 0 aromatic carbocycles. The molecule has 108 valence electrons. The van der Waals surface area contributed by atoms with Crippen molar-refractivity contribution in [2.45, 2.75) is 19.3 Å². The third kappa shape index (κ3) is 9.90. The Labute approximate surface area is 127 Å². The largest absolute Gasteiger partial charge is 0.382 e. The van der Waals surface area contributed by atoms with E-state index in [-0.39, 0.29) is 24.0 Å². The Bertz CT molecular complexity index is 223. The molecule has 0 unspecified atom stereocenters. The molecular weight excluding hydrogens is 345 g/mol. The maximum Gasteiger partial charge on any atom is 0.190 e. The molecule has 0 atom stereocenters. The lowest BCUT2D eigenvalue weighted by molar-refractivity contribution is 0.0698. The minimum absolute atomic E-state index is 0. The summed E-state index contributed by atoms with van der Waals surface area (Å²) < 4.78 is 10.3. The summed E-state index contributed by atoms with van der Waals surface area (Å²) in [4.78, 5) is 4.17. The number of nitrogens with zero attached hydrogens (tertiary/aromatic N) is 1. The molecule has 1 rings (SSSR count). The van der Waals surface area contributed by atoms with E-state index in [1.54, 1.807) is 14.2 Å². The number of guanidine groups is 1. The van der Waals surface area contributed by atoms with Crippen molar-refractivity contribution in [3.05, 3.63) is 0 Å². The van der Waals surface area contributed by atoms with E-state index in [2.05, 4.69) is 15.6 Å². The van der Waals surface area contributed by atoms with Crippen LogP contribution in [0.1, 0.15) is 19.3 Å². The maximum absolute atomic E-state index is 5.37. The lowest BCUT2D eigenvalue weighted by atomic mass is 10.4. The molecule has 1 fully saturated rings. The molecule has 2 N–H and O–H groups in total. The second-order valence-corrected chi connectivity index (χ2v) is 4.28. The summed E-state index contributed by atoms with van der Waals surface area (Å²) in [6.45, 7) is 4.03. The summed E-state index contributed by atoms with van der Waals surface area (Å²) >= 11 is 0. The number of halogens is 1. The van der Waals surface area contributed by atoms with Gasteiger partial charge in [-0.2, -0.15) is 0 Å². The highest BCUT2D eigenvalue weighted by molar-refractivity contribution is 14.0. The number of nitrogens with one attached hydrogen (secondary N) is 2. The van der Waals surface area contributed by atoms with Crippen LogP contribution in [0.3, 0.4) is 0 Å². The number of hydrogen-bond acceptors (Lipinski definition) is 3. The van der Waals surface area contributed by atoms with Crippen LogP contribution in [-0.2, 0) is 9.47 Å². The zero-order chi connectivity index (χ0) is 12.3. The molecule has 1 aliphatic carbocycles. The van der Waals surface area contributed by atoms with Gasteiger partial charge in [0.25, 0.3) is 0 Å². The standard InChI is InChI=1S/C12H25N3O2.HI/c1-13-12(15-10-11-4-5-11)14-6-3-7-17-9-8-16-2;/h11H,3-10H2,1-2H3,(H2,13,14,15);1H. The molecule has 0 heterocycles. The molecule has 0 radical (unpaired) electrons. The van der Waals surface area contributed by atoms with Crippen LogP contribution in [0.4, 0.5) is 0 Å². The predicted molar refractivity (Wildman–Crippen MR) is 84.8 cm³/mol. The van der Waals surface area contributed by atoms with E-state index in [9.17, 15) is 0 Å². The third-order valence-corrected chi connectivity index (χ3v) is 2.67. The Kier molecular flexibility index (Phi) is 11.9. The van der Waals surface area contributed by atoms with E-state index >= 15 is 0 Å². The Balaban J connectivity index is 0.00000289. The molecule has 5 nitrogen and oxygen atoms in total. The van der Waals surface area contributed by atoms with Crippen molar-refractivity contribution in [2.75, 3.05) is 47.1 Å². The first-order valence-corrected chi connectivity index (χ1v) is 6.38. The number of rotatable bonds is 9. The van der Waals surface area contributed by atoms with Gasteiger partial charge in [0.05, 0.1) is 13.2 Å². The average molecular weight is 371 g/mol. The van der Waals surface area contributed by atoms with Crippen LogP contribution >= 0.6 is 24.0 Å². The second-order valence-electron chi connectivity index (χ2n) is 4.28. The lowest BCUT2D eigenvalue weighted by Gasteiger charge is -2.11. The SMILES string of the molecule is CN=C(NCCCOCCOC)NCC1CC1.I. The summed E-state index contributed by atoms with van der Waals surface area (Å²) in [7, 11) is 3.48. The first kappa shape index (κ1) is 17.9. The van der Waals surface area contributed by atoms with Gasteiger partial charge < -0.3 is 20.1 Å². The first-order chi connectivity index (χ1) is 8.36. The molecule has 0 aliphatic heterocycles. The topological polar surface area (TPSA) is 54.9 Å². The van der Waals surface area contributed by atoms with E-state index in [1.165, 1.54) is 12.8 Å². The van der Waals surface area contributed by atoms with E-state index in [4.69, 9.17) is 9.47 Å². The highest BCUT2D eigenvalue weighted by atomic mass is 127. The molecule has 1 saturated carbocycles. The zero-order valence-electron chi connectivity index (χ0n) is 11.4. The van der Waals surface area contributed by atoms with Gasteiger partial charge in [-0.05, 0) is 25.2 Å². The second kappa shape index (κ2) is 12.0. The fourth-order valence-electron chi connectivity index (χ4n) is 1.41. The normalized spacial score (nSPS) is 15.1. The fourth-order valence-corrected chi connectivity index (χ4v) is 1.41. The predicted octanol–water partition coefficient (Wildman–Crippen LogP) is 1.23. The lowest BCUT2D eigenvalue weighted by Crippen LogP contribution is -2.39. The van der Waals surface area contributed by atoms with Crippen LogP contribution < -0.4 is 10.6 Å². The van der Waals surface area contributed by atoms with Crippen molar-refractivity contribution in [3.63, 3.8) is 0 Å². The van der Waals surface area contributed by atoms with Gasteiger partial charge >= 0.3 is 0 Å². The molecule has 0 amide bonds. The molecule has 0 aromatic rings. The van der Waals surface area contributed by atoms with E-state index in [0.717, 1.165) is 38.0 Å². The Morgan fingerprint density at radius 1 is 1.22 bits per heavy atom. The monoisotopic (exact) mass is 371 g/mol. The Morgan fingerprint density at radius 2 is 2.00 bits per heavy atom. The van der Waals surface area contributed by atoms with E-state index in [0.29, 0.717) is 13.2 Å². The Morgan fingerprint density at radius 3 is 2.61 bits per heavy atom. The van der Waals surface area contributed by atoms with Gasteiger partial charge in [-0.1, -0.05) is 0 Å². The fraction of sp³-hybridized carbons (Fsp3) is 0.917. The van der Waals surface area contributed by atoms with Crippen molar-refractivity contribution in [2.24, 2.45) is 10.9 Å². The number of methoxy groups -OCH3 is 1. The van der Waals surface area contributed by atoms with Crippen LogP contribution in [0.25, 0.3) is 0 Å². The average Bonchev–Trinajstić information content (AvgIpc) is 3.16. The van der Waals surface area contributed by atoms with Gasteiger partial charge in [-0.25, -0.2) is 0 Å². The minimum Gasteiger partial charge on any atom is -0.382 e. The van der Waals surface area contributed by atoms with Crippen LogP contribution in [0.2, 0.25) is 0 Å². The zero-order valence-corrected chi connectivity index (χ0v) is 13.7. The summed E-state index contributed by atoms with van der Waals surface area (Å²) in [6, 6.07) is 0. The van der Waals surface area contributed by atoms with Crippen LogP contribution in [-0.4, -0.2) is 53.0 Å². The van der Waals surface area contributed by atoms with Crippen LogP contribution in [0.5, 0.6) is 0 Å². The molecule has 0 spiro atoms. The maximum atomic E-state index is 5.37. The van der Waals surface area contributed by atoms with E-state index in [1.807, 2.05) is 0 Å². The van der Waals surface area contributed by atoms with Crippen molar-refractivity contribution >= 4 is 29.9 Å².